The molecule has 0 spiro atoms. The molecule has 2 aromatic heterocycles. The van der Waals surface area contributed by atoms with Crippen molar-refractivity contribution in [2.45, 2.75) is 18.4 Å². The Bertz CT molecular complexity index is 688. The molecule has 0 unspecified atom stereocenters. The molecular formula is C12H11F3N4O3. The first kappa shape index (κ1) is 14.7. The second-order valence-corrected chi connectivity index (χ2v) is 4.61. The molecule has 1 saturated heterocycles. The fourth-order valence-corrected chi connectivity index (χ4v) is 2.14. The molecule has 0 bridgehead atoms. The van der Waals surface area contributed by atoms with Crippen LogP contribution >= 0.6 is 0 Å². The third kappa shape index (κ3) is 2.74. The Labute approximate surface area is 121 Å². The Morgan fingerprint density at radius 1 is 1.36 bits per heavy atom. The average Bonchev–Trinajstić information content (AvgIpc) is 2.90. The summed E-state index contributed by atoms with van der Waals surface area (Å²) in [6.07, 6.45) is -5.82. The lowest BCUT2D eigenvalue weighted by Crippen LogP contribution is -2.53. The zero-order chi connectivity index (χ0) is 15.7. The molecule has 2 atom stereocenters. The molecule has 1 aliphatic rings. The van der Waals surface area contributed by atoms with Gasteiger partial charge in [0, 0.05) is 12.4 Å². The quantitative estimate of drug-likeness (QED) is 0.870. The van der Waals surface area contributed by atoms with Gasteiger partial charge in [-0.1, -0.05) is 0 Å². The fourth-order valence-electron chi connectivity index (χ4n) is 2.14. The second-order valence-electron chi connectivity index (χ2n) is 4.61. The molecule has 2 aromatic rings. The summed E-state index contributed by atoms with van der Waals surface area (Å²) in [7, 11) is 0. The van der Waals surface area contributed by atoms with Crippen molar-refractivity contribution in [3.8, 4) is 0 Å². The van der Waals surface area contributed by atoms with Gasteiger partial charge in [0.2, 0.25) is 0 Å². The molecule has 3 heterocycles. The summed E-state index contributed by atoms with van der Waals surface area (Å²) in [5.74, 6) is -0.887. The lowest BCUT2D eigenvalue weighted by Gasteiger charge is -2.31. The van der Waals surface area contributed by atoms with Gasteiger partial charge < -0.3 is 14.8 Å². The average molecular weight is 316 g/mol. The Hall–Kier alpha value is -2.20. The number of aromatic nitrogens is 3. The Balaban J connectivity index is 1.81. The van der Waals surface area contributed by atoms with Gasteiger partial charge in [0.1, 0.15) is 0 Å². The Kier molecular flexibility index (Phi) is 3.71. The number of ether oxygens (including phenoxy) is 2. The van der Waals surface area contributed by atoms with Crippen LogP contribution in [-0.2, 0) is 14.3 Å². The van der Waals surface area contributed by atoms with Crippen LogP contribution < -0.4 is 5.32 Å². The summed E-state index contributed by atoms with van der Waals surface area (Å²) in [6, 6.07) is 1.62. The van der Waals surface area contributed by atoms with Gasteiger partial charge in [0.15, 0.2) is 18.0 Å². The molecule has 0 aromatic carbocycles. The largest absolute Gasteiger partial charge is 0.417 e. The molecular weight excluding hydrogens is 305 g/mol. The van der Waals surface area contributed by atoms with E-state index in [1.807, 2.05) is 0 Å². The minimum Gasteiger partial charge on any atom is -0.363 e. The minimum absolute atomic E-state index is 0.0863. The number of carbonyl (C=O) groups is 1. The number of nitrogens with zero attached hydrogens (tertiary/aromatic N) is 2. The van der Waals surface area contributed by atoms with Crippen LogP contribution in [0.4, 0.5) is 19.0 Å². The number of nitrogens with one attached hydrogen (secondary N) is 2. The predicted octanol–water partition coefficient (Wildman–Crippen LogP) is 1.24. The highest BCUT2D eigenvalue weighted by atomic mass is 19.4. The van der Waals surface area contributed by atoms with Gasteiger partial charge in [0.05, 0.1) is 24.1 Å². The molecule has 1 amide bonds. The Morgan fingerprint density at radius 2 is 2.14 bits per heavy atom. The van der Waals surface area contributed by atoms with E-state index in [1.165, 1.54) is 12.4 Å². The van der Waals surface area contributed by atoms with Gasteiger partial charge in [-0.15, -0.1) is 0 Å². The molecule has 7 nitrogen and oxygen atoms in total. The van der Waals surface area contributed by atoms with Gasteiger partial charge in [0.25, 0.3) is 5.91 Å². The van der Waals surface area contributed by atoms with Gasteiger partial charge in [-0.25, -0.2) is 0 Å². The van der Waals surface area contributed by atoms with Crippen molar-refractivity contribution in [1.82, 2.24) is 15.2 Å². The van der Waals surface area contributed by atoms with Crippen molar-refractivity contribution in [2.24, 2.45) is 0 Å². The number of aromatic amines is 1. The monoisotopic (exact) mass is 316 g/mol. The molecule has 3 rings (SSSR count). The number of fused-ring (bicyclic) bond motifs is 1. The molecule has 2 N–H and O–H groups in total. The first-order valence-electron chi connectivity index (χ1n) is 6.35. The summed E-state index contributed by atoms with van der Waals surface area (Å²) in [4.78, 5) is 15.9. The van der Waals surface area contributed by atoms with E-state index in [0.717, 1.165) is 0 Å². The molecule has 0 saturated carbocycles. The summed E-state index contributed by atoms with van der Waals surface area (Å²) in [5, 5.41) is 9.27. The number of pyridine rings is 1. The first-order valence-corrected chi connectivity index (χ1v) is 6.35. The molecule has 0 aliphatic carbocycles. The maximum atomic E-state index is 12.9. The number of anilines is 1. The zero-order valence-corrected chi connectivity index (χ0v) is 11.1. The number of H-pyrrole nitrogens is 1. The number of rotatable bonds is 2. The van der Waals surface area contributed by atoms with E-state index in [2.05, 4.69) is 25.2 Å². The van der Waals surface area contributed by atoms with E-state index >= 15 is 0 Å². The van der Waals surface area contributed by atoms with Gasteiger partial charge in [-0.2, -0.15) is 18.3 Å². The van der Waals surface area contributed by atoms with Crippen molar-refractivity contribution in [3.63, 3.8) is 0 Å². The van der Waals surface area contributed by atoms with Crippen LogP contribution in [0.15, 0.2) is 18.5 Å². The fraction of sp³-hybridized carbons (Fsp3) is 0.417. The van der Waals surface area contributed by atoms with Gasteiger partial charge in [-0.05, 0) is 6.07 Å². The first-order chi connectivity index (χ1) is 10.5. The highest BCUT2D eigenvalue weighted by Gasteiger charge is 2.51. The number of hydrogen-bond donors (Lipinski definition) is 2. The highest BCUT2D eigenvalue weighted by molar-refractivity contribution is 6.01. The Morgan fingerprint density at radius 3 is 2.91 bits per heavy atom. The van der Waals surface area contributed by atoms with Crippen molar-refractivity contribution in [1.29, 1.82) is 0 Å². The SMILES string of the molecule is O=C(Nc1n[nH]c2ccncc12)[C@H]1OCCO[C@H]1C(F)(F)F. The summed E-state index contributed by atoms with van der Waals surface area (Å²) in [6.45, 7) is -0.309. The standard InChI is InChI=1S/C12H11F3N4O3/c13-12(14,15)9-8(21-3-4-22-9)11(20)17-10-6-5-16-2-1-7(6)18-19-10/h1-2,5,8-9H,3-4H2,(H2,17,18,19,20)/t8-,9+/m0/s1. The molecule has 22 heavy (non-hydrogen) atoms. The van der Waals surface area contributed by atoms with Crippen molar-refractivity contribution < 1.29 is 27.4 Å². The van der Waals surface area contributed by atoms with Crippen LogP contribution in [0.25, 0.3) is 10.9 Å². The highest BCUT2D eigenvalue weighted by Crippen LogP contribution is 2.30. The molecule has 1 aliphatic heterocycles. The third-order valence-electron chi connectivity index (χ3n) is 3.14. The molecule has 0 radical (unpaired) electrons. The molecule has 1 fully saturated rings. The number of halogens is 3. The third-order valence-corrected chi connectivity index (χ3v) is 3.14. The molecule has 10 heteroatoms. The lowest BCUT2D eigenvalue weighted by molar-refractivity contribution is -0.271. The van der Waals surface area contributed by atoms with Gasteiger partial charge in [-0.3, -0.25) is 14.9 Å². The second kappa shape index (κ2) is 5.54. The van der Waals surface area contributed by atoms with Gasteiger partial charge >= 0.3 is 6.18 Å². The van der Waals surface area contributed by atoms with Crippen molar-refractivity contribution in [3.05, 3.63) is 18.5 Å². The number of amides is 1. The van der Waals surface area contributed by atoms with E-state index in [9.17, 15) is 18.0 Å². The maximum Gasteiger partial charge on any atom is 0.417 e. The number of hydrogen-bond acceptors (Lipinski definition) is 5. The van der Waals surface area contributed by atoms with Crippen molar-refractivity contribution >= 4 is 22.6 Å². The van der Waals surface area contributed by atoms with E-state index in [1.54, 1.807) is 6.07 Å². The normalized spacial score (nSPS) is 22.7. The summed E-state index contributed by atoms with van der Waals surface area (Å²) < 4.78 is 48.2. The maximum absolute atomic E-state index is 12.9. The smallest absolute Gasteiger partial charge is 0.363 e. The van der Waals surface area contributed by atoms with Crippen LogP contribution in [-0.4, -0.2) is 52.7 Å². The number of alkyl halides is 3. The zero-order valence-electron chi connectivity index (χ0n) is 11.1. The summed E-state index contributed by atoms with van der Waals surface area (Å²) >= 11 is 0. The van der Waals surface area contributed by atoms with Crippen molar-refractivity contribution in [2.75, 3.05) is 18.5 Å². The van der Waals surface area contributed by atoms with E-state index in [0.29, 0.717) is 10.9 Å². The topological polar surface area (TPSA) is 89.1 Å². The van der Waals surface area contributed by atoms with Crippen LogP contribution in [0.2, 0.25) is 0 Å². The van der Waals surface area contributed by atoms with E-state index in [4.69, 9.17) is 4.74 Å². The van der Waals surface area contributed by atoms with Crippen LogP contribution in [0.3, 0.4) is 0 Å². The number of carbonyl (C=O) groups excluding carboxylic acids is 1. The predicted molar refractivity (Wildman–Crippen MR) is 68.1 cm³/mol. The molecule has 118 valence electrons. The minimum atomic E-state index is -4.70. The lowest BCUT2D eigenvalue weighted by atomic mass is 10.1. The summed E-state index contributed by atoms with van der Waals surface area (Å²) in [5.41, 5.74) is 0.596. The van der Waals surface area contributed by atoms with E-state index in [-0.39, 0.29) is 19.0 Å². The van der Waals surface area contributed by atoms with E-state index < -0.39 is 24.3 Å². The van der Waals surface area contributed by atoms with Crippen LogP contribution in [0, 0.1) is 0 Å². The van der Waals surface area contributed by atoms with Crippen LogP contribution in [0.5, 0.6) is 0 Å². The van der Waals surface area contributed by atoms with Crippen LogP contribution in [0.1, 0.15) is 0 Å².